The van der Waals surface area contributed by atoms with E-state index in [1.807, 2.05) is 24.5 Å². The molecular weight excluding hydrogens is 154 g/mol. The maximum Gasteiger partial charge on any atom is 0.0406 e. The molecule has 0 aliphatic carbocycles. The highest BCUT2D eigenvalue weighted by Crippen LogP contribution is 2.12. The SMILES string of the molecule is CC(C)(C)n1ccc(=S)cc1. The Balaban J connectivity index is 3.09. The lowest BCUT2D eigenvalue weighted by Crippen LogP contribution is -2.20. The van der Waals surface area contributed by atoms with E-state index in [1.165, 1.54) is 0 Å². The van der Waals surface area contributed by atoms with Gasteiger partial charge in [0.05, 0.1) is 0 Å². The fourth-order valence-electron chi connectivity index (χ4n) is 0.860. The highest BCUT2D eigenvalue weighted by molar-refractivity contribution is 7.71. The zero-order valence-corrected chi connectivity index (χ0v) is 7.98. The van der Waals surface area contributed by atoms with Crippen LogP contribution in [-0.4, -0.2) is 4.57 Å². The van der Waals surface area contributed by atoms with Crippen LogP contribution in [0.25, 0.3) is 0 Å². The first-order chi connectivity index (χ1) is 5.00. The summed E-state index contributed by atoms with van der Waals surface area (Å²) in [5.74, 6) is 0. The Hall–Kier alpha value is -0.630. The summed E-state index contributed by atoms with van der Waals surface area (Å²) in [6.45, 7) is 6.49. The summed E-state index contributed by atoms with van der Waals surface area (Å²) in [6.07, 6.45) is 4.03. The predicted octanol–water partition coefficient (Wildman–Crippen LogP) is 2.97. The van der Waals surface area contributed by atoms with Gasteiger partial charge in [0, 0.05) is 22.4 Å². The largest absolute Gasteiger partial charge is 0.349 e. The smallest absolute Gasteiger partial charge is 0.0406 e. The lowest BCUT2D eigenvalue weighted by molar-refractivity contribution is 0.394. The Labute approximate surface area is 72.7 Å². The third-order valence-electron chi connectivity index (χ3n) is 1.57. The summed E-state index contributed by atoms with van der Waals surface area (Å²) in [5.41, 5.74) is 0.156. The van der Waals surface area contributed by atoms with Crippen LogP contribution in [0.1, 0.15) is 20.8 Å². The van der Waals surface area contributed by atoms with Gasteiger partial charge in [0.25, 0.3) is 0 Å². The zero-order chi connectivity index (χ0) is 8.48. The molecule has 0 bridgehead atoms. The maximum atomic E-state index is 4.98. The molecule has 0 N–H and O–H groups in total. The van der Waals surface area contributed by atoms with Gasteiger partial charge in [-0.1, -0.05) is 12.2 Å². The van der Waals surface area contributed by atoms with Gasteiger partial charge in [0.1, 0.15) is 0 Å². The van der Waals surface area contributed by atoms with Gasteiger partial charge >= 0.3 is 0 Å². The molecule has 11 heavy (non-hydrogen) atoms. The van der Waals surface area contributed by atoms with E-state index in [4.69, 9.17) is 12.2 Å². The third kappa shape index (κ3) is 2.15. The van der Waals surface area contributed by atoms with Gasteiger partial charge in [-0.2, -0.15) is 0 Å². The van der Waals surface area contributed by atoms with E-state index in [2.05, 4.69) is 25.3 Å². The third-order valence-corrected chi connectivity index (χ3v) is 1.85. The summed E-state index contributed by atoms with van der Waals surface area (Å²) in [7, 11) is 0. The van der Waals surface area contributed by atoms with Crippen LogP contribution in [0.5, 0.6) is 0 Å². The second kappa shape index (κ2) is 2.78. The number of nitrogens with zero attached hydrogens (tertiary/aromatic N) is 1. The molecule has 0 amide bonds. The van der Waals surface area contributed by atoms with Crippen molar-refractivity contribution in [2.75, 3.05) is 0 Å². The Kier molecular flexibility index (Phi) is 2.14. The minimum Gasteiger partial charge on any atom is -0.349 e. The maximum absolute atomic E-state index is 4.98. The van der Waals surface area contributed by atoms with E-state index in [0.717, 1.165) is 4.51 Å². The first-order valence-electron chi connectivity index (χ1n) is 3.69. The molecule has 0 unspecified atom stereocenters. The molecule has 1 aromatic heterocycles. The average molecular weight is 167 g/mol. The summed E-state index contributed by atoms with van der Waals surface area (Å²) >= 11 is 4.98. The van der Waals surface area contributed by atoms with Crippen molar-refractivity contribution in [3.63, 3.8) is 0 Å². The van der Waals surface area contributed by atoms with Crippen LogP contribution in [0.4, 0.5) is 0 Å². The van der Waals surface area contributed by atoms with Crippen molar-refractivity contribution in [3.05, 3.63) is 29.0 Å². The summed E-state index contributed by atoms with van der Waals surface area (Å²) in [5, 5.41) is 0. The summed E-state index contributed by atoms with van der Waals surface area (Å²) in [4.78, 5) is 0. The van der Waals surface area contributed by atoms with Crippen molar-refractivity contribution < 1.29 is 0 Å². The normalized spacial score (nSPS) is 11.5. The number of aromatic nitrogens is 1. The van der Waals surface area contributed by atoms with E-state index in [0.29, 0.717) is 0 Å². The molecule has 60 valence electrons. The summed E-state index contributed by atoms with van der Waals surface area (Å²) in [6, 6.07) is 3.89. The molecule has 0 saturated carbocycles. The minimum atomic E-state index is 0.156. The second-order valence-corrected chi connectivity index (χ2v) is 4.08. The van der Waals surface area contributed by atoms with Crippen molar-refractivity contribution >= 4 is 12.2 Å². The molecule has 0 aromatic carbocycles. The standard InChI is InChI=1S/C9H13NS/c1-9(2,3)10-6-4-8(11)5-7-10/h4-7H,1-3H3. The lowest BCUT2D eigenvalue weighted by Gasteiger charge is -2.22. The topological polar surface area (TPSA) is 4.93 Å². The monoisotopic (exact) mass is 167 g/mol. The molecule has 2 heteroatoms. The lowest BCUT2D eigenvalue weighted by atomic mass is 10.1. The van der Waals surface area contributed by atoms with Gasteiger partial charge in [-0.3, -0.25) is 0 Å². The number of hydrogen-bond acceptors (Lipinski definition) is 1. The van der Waals surface area contributed by atoms with Gasteiger partial charge in [0.15, 0.2) is 0 Å². The summed E-state index contributed by atoms with van der Waals surface area (Å²) < 4.78 is 3.04. The average Bonchev–Trinajstić information content (AvgIpc) is 1.86. The van der Waals surface area contributed by atoms with E-state index >= 15 is 0 Å². The van der Waals surface area contributed by atoms with Crippen LogP contribution in [0.15, 0.2) is 24.5 Å². The van der Waals surface area contributed by atoms with E-state index in [-0.39, 0.29) is 5.54 Å². The first-order valence-corrected chi connectivity index (χ1v) is 4.10. The van der Waals surface area contributed by atoms with Crippen molar-refractivity contribution in [1.29, 1.82) is 0 Å². The van der Waals surface area contributed by atoms with E-state index in [1.54, 1.807) is 0 Å². The Bertz CT molecular complexity index is 273. The molecule has 0 aliphatic rings. The molecule has 0 fully saturated rings. The quantitative estimate of drug-likeness (QED) is 0.538. The molecular formula is C9H13NS. The number of pyridine rings is 1. The van der Waals surface area contributed by atoms with E-state index < -0.39 is 0 Å². The molecule has 0 saturated heterocycles. The minimum absolute atomic E-state index is 0.156. The van der Waals surface area contributed by atoms with Gasteiger partial charge in [-0.05, 0) is 32.9 Å². The second-order valence-electron chi connectivity index (χ2n) is 3.61. The molecule has 0 radical (unpaired) electrons. The molecule has 0 aliphatic heterocycles. The van der Waals surface area contributed by atoms with Gasteiger partial charge in [0.2, 0.25) is 0 Å². The van der Waals surface area contributed by atoms with Crippen LogP contribution >= 0.6 is 12.2 Å². The van der Waals surface area contributed by atoms with E-state index in [9.17, 15) is 0 Å². The van der Waals surface area contributed by atoms with Crippen LogP contribution in [0.2, 0.25) is 0 Å². The van der Waals surface area contributed by atoms with Crippen LogP contribution < -0.4 is 0 Å². The molecule has 0 atom stereocenters. The first kappa shape index (κ1) is 8.47. The van der Waals surface area contributed by atoms with Crippen molar-refractivity contribution in [1.82, 2.24) is 4.57 Å². The molecule has 1 rings (SSSR count). The molecule has 0 spiro atoms. The van der Waals surface area contributed by atoms with Crippen molar-refractivity contribution in [2.45, 2.75) is 26.3 Å². The van der Waals surface area contributed by atoms with Crippen LogP contribution in [0.3, 0.4) is 0 Å². The fourth-order valence-corrected chi connectivity index (χ4v) is 0.982. The van der Waals surface area contributed by atoms with Gasteiger partial charge < -0.3 is 4.57 Å². The van der Waals surface area contributed by atoms with Crippen LogP contribution in [-0.2, 0) is 5.54 Å². The Morgan fingerprint density at radius 2 is 1.64 bits per heavy atom. The Morgan fingerprint density at radius 3 is 2.00 bits per heavy atom. The van der Waals surface area contributed by atoms with Crippen LogP contribution in [0, 0.1) is 4.51 Å². The number of rotatable bonds is 0. The van der Waals surface area contributed by atoms with Gasteiger partial charge in [-0.25, -0.2) is 0 Å². The molecule has 1 nitrogen and oxygen atoms in total. The molecule has 1 aromatic rings. The zero-order valence-electron chi connectivity index (χ0n) is 7.16. The Morgan fingerprint density at radius 1 is 1.18 bits per heavy atom. The molecule has 1 heterocycles. The predicted molar refractivity (Wildman–Crippen MR) is 50.3 cm³/mol. The van der Waals surface area contributed by atoms with Crippen molar-refractivity contribution in [2.24, 2.45) is 0 Å². The highest BCUT2D eigenvalue weighted by Gasteiger charge is 2.08. The number of hydrogen-bond donors (Lipinski definition) is 0. The van der Waals surface area contributed by atoms with Crippen molar-refractivity contribution in [3.8, 4) is 0 Å². The fraction of sp³-hybridized carbons (Fsp3) is 0.444. The van der Waals surface area contributed by atoms with Gasteiger partial charge in [-0.15, -0.1) is 0 Å². The highest BCUT2D eigenvalue weighted by atomic mass is 32.1.